The molecule has 0 fully saturated rings. The molecule has 0 aliphatic rings. The number of hydrogen-bond acceptors (Lipinski definition) is 2. The molecule has 0 aliphatic carbocycles. The number of anilines is 2. The highest BCUT2D eigenvalue weighted by molar-refractivity contribution is 7.80. The lowest BCUT2D eigenvalue weighted by molar-refractivity contribution is 0.631. The normalized spacial score (nSPS) is 10.4. The van der Waals surface area contributed by atoms with E-state index in [1.807, 2.05) is 6.07 Å². The summed E-state index contributed by atoms with van der Waals surface area (Å²) >= 11 is 4.86. The van der Waals surface area contributed by atoms with Crippen LogP contribution in [0, 0.1) is 5.82 Å². The van der Waals surface area contributed by atoms with Gasteiger partial charge in [-0.3, -0.25) is 0 Å². The molecular formula is C17H19FN2S. The van der Waals surface area contributed by atoms with Crippen LogP contribution in [0.4, 0.5) is 15.8 Å². The van der Waals surface area contributed by atoms with Gasteiger partial charge in [-0.25, -0.2) is 4.39 Å². The fourth-order valence-electron chi connectivity index (χ4n) is 2.31. The minimum absolute atomic E-state index is 0.198. The Morgan fingerprint density at radius 2 is 1.76 bits per heavy atom. The summed E-state index contributed by atoms with van der Waals surface area (Å²) in [5, 5.41) is 3.22. The Bertz CT molecular complexity index is 646. The molecule has 3 N–H and O–H groups in total. The van der Waals surface area contributed by atoms with E-state index in [9.17, 15) is 4.39 Å². The van der Waals surface area contributed by atoms with Gasteiger partial charge in [-0.05, 0) is 42.2 Å². The van der Waals surface area contributed by atoms with E-state index in [4.69, 9.17) is 18.0 Å². The molecule has 0 radical (unpaired) electrons. The monoisotopic (exact) mass is 302 g/mol. The van der Waals surface area contributed by atoms with Crippen molar-refractivity contribution in [3.63, 3.8) is 0 Å². The molecular weight excluding hydrogens is 283 g/mol. The summed E-state index contributed by atoms with van der Waals surface area (Å²) in [6.07, 6.45) is 1.78. The van der Waals surface area contributed by atoms with Crippen molar-refractivity contribution in [1.82, 2.24) is 0 Å². The summed E-state index contributed by atoms with van der Waals surface area (Å²) < 4.78 is 14.2. The van der Waals surface area contributed by atoms with Crippen LogP contribution < -0.4 is 11.1 Å². The van der Waals surface area contributed by atoms with Crippen LogP contribution in [0.5, 0.6) is 0 Å². The number of hydrogen-bond donors (Lipinski definition) is 2. The van der Waals surface area contributed by atoms with Crippen LogP contribution in [0.15, 0.2) is 36.4 Å². The molecule has 2 nitrogen and oxygen atoms in total. The molecule has 0 unspecified atom stereocenters. The number of nitrogens with one attached hydrogen (secondary N) is 1. The molecule has 0 spiro atoms. The summed E-state index contributed by atoms with van der Waals surface area (Å²) in [5.74, 6) is -0.353. The van der Waals surface area contributed by atoms with Crippen LogP contribution in [0.25, 0.3) is 0 Å². The fraction of sp³-hybridized carbons (Fsp3) is 0.235. The van der Waals surface area contributed by atoms with Gasteiger partial charge in [-0.2, -0.15) is 0 Å². The zero-order valence-electron chi connectivity index (χ0n) is 12.2. The number of nitrogens with two attached hydrogens (primary N) is 1. The van der Waals surface area contributed by atoms with E-state index in [1.165, 1.54) is 17.2 Å². The third-order valence-corrected chi connectivity index (χ3v) is 3.75. The Hall–Kier alpha value is -1.94. The summed E-state index contributed by atoms with van der Waals surface area (Å²) in [6, 6.07) is 10.9. The molecule has 110 valence electrons. The number of rotatable bonds is 5. The maximum atomic E-state index is 14.2. The Morgan fingerprint density at radius 3 is 2.24 bits per heavy atom. The number of halogens is 1. The molecule has 21 heavy (non-hydrogen) atoms. The quantitative estimate of drug-likeness (QED) is 0.807. The highest BCUT2D eigenvalue weighted by Gasteiger charge is 2.10. The van der Waals surface area contributed by atoms with Gasteiger partial charge in [-0.15, -0.1) is 0 Å². The topological polar surface area (TPSA) is 38.0 Å². The first kappa shape index (κ1) is 15.4. The predicted octanol–water partition coefficient (Wildman–Crippen LogP) is 4.33. The van der Waals surface area contributed by atoms with Gasteiger partial charge < -0.3 is 11.1 Å². The summed E-state index contributed by atoms with van der Waals surface area (Å²) in [7, 11) is 0. The lowest BCUT2D eigenvalue weighted by Crippen LogP contribution is -2.10. The standard InChI is InChI=1S/C17H19FN2S/c1-3-11-6-5-7-12(4-2)16(11)20-15-9-8-13(17(19)21)10-14(15)18/h5-10,20H,3-4H2,1-2H3,(H2,19,21). The maximum absolute atomic E-state index is 14.2. The average Bonchev–Trinajstić information content (AvgIpc) is 2.49. The van der Waals surface area contributed by atoms with Gasteiger partial charge in [0.2, 0.25) is 0 Å². The van der Waals surface area contributed by atoms with Crippen LogP contribution in [0.3, 0.4) is 0 Å². The molecule has 0 heterocycles. The molecule has 4 heteroatoms. The van der Waals surface area contributed by atoms with E-state index in [0.29, 0.717) is 11.3 Å². The zero-order chi connectivity index (χ0) is 15.4. The Morgan fingerprint density at radius 1 is 1.14 bits per heavy atom. The van der Waals surface area contributed by atoms with Crippen molar-refractivity contribution in [2.45, 2.75) is 26.7 Å². The third-order valence-electron chi connectivity index (χ3n) is 3.51. The molecule has 2 rings (SSSR count). The molecule has 0 aliphatic heterocycles. The molecule has 2 aromatic carbocycles. The van der Waals surface area contributed by atoms with Crippen molar-refractivity contribution in [2.75, 3.05) is 5.32 Å². The van der Waals surface area contributed by atoms with Gasteiger partial charge in [0.25, 0.3) is 0 Å². The van der Waals surface area contributed by atoms with Crippen molar-refractivity contribution in [3.8, 4) is 0 Å². The van der Waals surface area contributed by atoms with Gasteiger partial charge in [0.15, 0.2) is 0 Å². The summed E-state index contributed by atoms with van der Waals surface area (Å²) in [6.45, 7) is 4.18. The second kappa shape index (κ2) is 6.68. The van der Waals surface area contributed by atoms with Gasteiger partial charge in [0.1, 0.15) is 10.8 Å². The molecule has 0 aromatic heterocycles. The number of aryl methyl sites for hydroxylation is 2. The summed E-state index contributed by atoms with van der Waals surface area (Å²) in [4.78, 5) is 0.198. The van der Waals surface area contributed by atoms with Crippen molar-refractivity contribution < 1.29 is 4.39 Å². The second-order valence-corrected chi connectivity index (χ2v) is 5.28. The molecule has 0 atom stereocenters. The maximum Gasteiger partial charge on any atom is 0.147 e. The lowest BCUT2D eigenvalue weighted by Gasteiger charge is -2.16. The van der Waals surface area contributed by atoms with E-state index >= 15 is 0 Å². The molecule has 0 amide bonds. The highest BCUT2D eigenvalue weighted by Crippen LogP contribution is 2.28. The number of para-hydroxylation sites is 1. The lowest BCUT2D eigenvalue weighted by atomic mass is 10.0. The van der Waals surface area contributed by atoms with Crippen molar-refractivity contribution in [1.29, 1.82) is 0 Å². The number of thiocarbonyl (C=S) groups is 1. The molecule has 0 saturated carbocycles. The molecule has 0 saturated heterocycles. The van der Waals surface area contributed by atoms with Gasteiger partial charge in [-0.1, -0.05) is 44.3 Å². The second-order valence-electron chi connectivity index (χ2n) is 4.84. The van der Waals surface area contributed by atoms with Crippen LogP contribution in [0.2, 0.25) is 0 Å². The first-order chi connectivity index (χ1) is 10.1. The van der Waals surface area contributed by atoms with E-state index < -0.39 is 0 Å². The third kappa shape index (κ3) is 3.39. The SMILES string of the molecule is CCc1cccc(CC)c1Nc1ccc(C(N)=S)cc1F. The van der Waals surface area contributed by atoms with Gasteiger partial charge in [0, 0.05) is 11.3 Å². The Balaban J connectivity index is 2.40. The Kier molecular flexibility index (Phi) is 4.91. The predicted molar refractivity (Wildman–Crippen MR) is 90.8 cm³/mol. The van der Waals surface area contributed by atoms with E-state index in [1.54, 1.807) is 12.1 Å². The van der Waals surface area contributed by atoms with Crippen molar-refractivity contribution in [3.05, 3.63) is 58.9 Å². The van der Waals surface area contributed by atoms with Crippen LogP contribution >= 0.6 is 12.2 Å². The Labute approximate surface area is 130 Å². The average molecular weight is 302 g/mol. The van der Waals surface area contributed by atoms with Crippen molar-refractivity contribution in [2.24, 2.45) is 5.73 Å². The zero-order valence-corrected chi connectivity index (χ0v) is 13.1. The highest BCUT2D eigenvalue weighted by atomic mass is 32.1. The first-order valence-electron chi connectivity index (χ1n) is 7.04. The minimum Gasteiger partial charge on any atom is -0.389 e. The fourth-order valence-corrected chi connectivity index (χ4v) is 2.43. The largest absolute Gasteiger partial charge is 0.389 e. The van der Waals surface area contributed by atoms with Gasteiger partial charge in [0.05, 0.1) is 5.69 Å². The van der Waals surface area contributed by atoms with Crippen LogP contribution in [-0.2, 0) is 12.8 Å². The van der Waals surface area contributed by atoms with E-state index in [0.717, 1.165) is 18.5 Å². The van der Waals surface area contributed by atoms with Crippen molar-refractivity contribution >= 4 is 28.6 Å². The number of benzene rings is 2. The van der Waals surface area contributed by atoms with Crippen LogP contribution in [0.1, 0.15) is 30.5 Å². The van der Waals surface area contributed by atoms with E-state index in [-0.39, 0.29) is 10.8 Å². The molecule has 2 aromatic rings. The minimum atomic E-state index is -0.353. The van der Waals surface area contributed by atoms with Gasteiger partial charge >= 0.3 is 0 Å². The van der Waals surface area contributed by atoms with E-state index in [2.05, 4.69) is 31.3 Å². The van der Waals surface area contributed by atoms with Crippen LogP contribution in [-0.4, -0.2) is 4.99 Å². The smallest absolute Gasteiger partial charge is 0.147 e. The summed E-state index contributed by atoms with van der Waals surface area (Å²) in [5.41, 5.74) is 9.83. The molecule has 0 bridgehead atoms. The first-order valence-corrected chi connectivity index (χ1v) is 7.44.